The average Bonchev–Trinajstić information content (AvgIpc) is 2.67. The molecule has 0 spiro atoms. The second-order valence-corrected chi connectivity index (χ2v) is 5.66. The first-order chi connectivity index (χ1) is 9.15. The van der Waals surface area contributed by atoms with Gasteiger partial charge in [-0.3, -0.25) is 0 Å². The van der Waals surface area contributed by atoms with Gasteiger partial charge in [-0.2, -0.15) is 0 Å². The molecule has 1 saturated heterocycles. The van der Waals surface area contributed by atoms with Crippen LogP contribution in [0, 0.1) is 26.7 Å². The first-order valence-corrected chi connectivity index (χ1v) is 7.52. The van der Waals surface area contributed by atoms with E-state index >= 15 is 0 Å². The Hall–Kier alpha value is -0.800. The van der Waals surface area contributed by atoms with E-state index in [1.54, 1.807) is 0 Å². The Morgan fingerprint density at radius 2 is 2.05 bits per heavy atom. The van der Waals surface area contributed by atoms with Crippen LogP contribution in [-0.2, 0) is 4.74 Å². The van der Waals surface area contributed by atoms with Gasteiger partial charge in [0.05, 0.1) is 6.61 Å². The molecule has 3 nitrogen and oxygen atoms in total. The molecule has 3 heteroatoms. The van der Waals surface area contributed by atoms with E-state index in [2.05, 4.69) is 33.0 Å². The van der Waals surface area contributed by atoms with Gasteiger partial charge in [0.1, 0.15) is 11.5 Å². The van der Waals surface area contributed by atoms with Crippen molar-refractivity contribution in [1.29, 1.82) is 0 Å². The summed E-state index contributed by atoms with van der Waals surface area (Å²) in [6.45, 7) is 11.3. The summed E-state index contributed by atoms with van der Waals surface area (Å²) < 4.78 is 11.5. The molecule has 1 aromatic heterocycles. The zero-order valence-electron chi connectivity index (χ0n) is 12.7. The lowest BCUT2D eigenvalue weighted by Gasteiger charge is -2.31. The van der Waals surface area contributed by atoms with E-state index in [1.807, 2.05) is 0 Å². The molecule has 0 amide bonds. The molecule has 1 aliphatic heterocycles. The minimum atomic E-state index is 0.373. The topological polar surface area (TPSA) is 34.4 Å². The smallest absolute Gasteiger partial charge is 0.106 e. The van der Waals surface area contributed by atoms with Crippen molar-refractivity contribution in [2.45, 2.75) is 53.0 Å². The summed E-state index contributed by atoms with van der Waals surface area (Å²) in [4.78, 5) is 0. The zero-order valence-corrected chi connectivity index (χ0v) is 12.7. The van der Waals surface area contributed by atoms with E-state index in [4.69, 9.17) is 9.15 Å². The normalized spacial score (nSPS) is 21.6. The minimum Gasteiger partial charge on any atom is -0.466 e. The predicted molar refractivity (Wildman–Crippen MR) is 77.5 cm³/mol. The number of ether oxygens (including phenoxy) is 1. The summed E-state index contributed by atoms with van der Waals surface area (Å²) in [6, 6.07) is 0.373. The van der Waals surface area contributed by atoms with Crippen molar-refractivity contribution < 1.29 is 9.15 Å². The van der Waals surface area contributed by atoms with Gasteiger partial charge in [0.25, 0.3) is 0 Å². The van der Waals surface area contributed by atoms with Crippen LogP contribution in [-0.4, -0.2) is 19.8 Å². The SMILES string of the molecule is CCCNC(c1c(C)oc(C)c1C)C1CCCOC1. The number of hydrogen-bond acceptors (Lipinski definition) is 3. The third-order valence-corrected chi connectivity index (χ3v) is 4.21. The molecule has 2 unspecified atom stereocenters. The van der Waals surface area contributed by atoms with Crippen LogP contribution in [0.4, 0.5) is 0 Å². The number of rotatable bonds is 5. The maximum absolute atomic E-state index is 5.82. The van der Waals surface area contributed by atoms with Crippen LogP contribution >= 0.6 is 0 Å². The molecule has 1 aromatic rings. The van der Waals surface area contributed by atoms with Gasteiger partial charge in [-0.05, 0) is 52.1 Å². The third kappa shape index (κ3) is 3.21. The highest BCUT2D eigenvalue weighted by Gasteiger charge is 2.29. The molecular formula is C16H27NO2. The first kappa shape index (κ1) is 14.6. The summed E-state index contributed by atoms with van der Waals surface area (Å²) in [6.07, 6.45) is 3.56. The van der Waals surface area contributed by atoms with Gasteiger partial charge in [-0.15, -0.1) is 0 Å². The quantitative estimate of drug-likeness (QED) is 0.882. The van der Waals surface area contributed by atoms with Crippen LogP contribution in [0.2, 0.25) is 0 Å². The number of nitrogens with one attached hydrogen (secondary N) is 1. The van der Waals surface area contributed by atoms with Gasteiger partial charge >= 0.3 is 0 Å². The Labute approximate surface area is 116 Å². The first-order valence-electron chi connectivity index (χ1n) is 7.52. The predicted octanol–water partition coefficient (Wildman–Crippen LogP) is 3.67. The second kappa shape index (κ2) is 6.58. The number of hydrogen-bond donors (Lipinski definition) is 1. The van der Waals surface area contributed by atoms with Crippen LogP contribution in [0.5, 0.6) is 0 Å². The fourth-order valence-corrected chi connectivity index (χ4v) is 3.10. The maximum atomic E-state index is 5.82. The number of aryl methyl sites for hydroxylation is 2. The van der Waals surface area contributed by atoms with E-state index in [0.29, 0.717) is 12.0 Å². The number of furan rings is 1. The Morgan fingerprint density at radius 1 is 1.26 bits per heavy atom. The third-order valence-electron chi connectivity index (χ3n) is 4.21. The van der Waals surface area contributed by atoms with Crippen LogP contribution in [0.1, 0.15) is 54.9 Å². The van der Waals surface area contributed by atoms with E-state index in [9.17, 15) is 0 Å². The van der Waals surface area contributed by atoms with Gasteiger partial charge in [0, 0.05) is 24.1 Å². The molecule has 1 aliphatic rings. The molecule has 0 radical (unpaired) electrons. The maximum Gasteiger partial charge on any atom is 0.106 e. The summed E-state index contributed by atoms with van der Waals surface area (Å²) in [5.41, 5.74) is 2.66. The standard InChI is InChI=1S/C16H27NO2/c1-5-8-17-16(14-7-6-9-18-10-14)15-11(2)12(3)19-13(15)4/h14,16-17H,5-10H2,1-4H3. The highest BCUT2D eigenvalue weighted by Crippen LogP contribution is 2.35. The van der Waals surface area contributed by atoms with Crippen molar-refractivity contribution in [3.8, 4) is 0 Å². The van der Waals surface area contributed by atoms with Crippen LogP contribution < -0.4 is 5.32 Å². The van der Waals surface area contributed by atoms with Gasteiger partial charge in [-0.1, -0.05) is 6.92 Å². The summed E-state index contributed by atoms with van der Waals surface area (Å²) in [5.74, 6) is 2.68. The van der Waals surface area contributed by atoms with Crippen LogP contribution in [0.25, 0.3) is 0 Å². The van der Waals surface area contributed by atoms with Gasteiger partial charge < -0.3 is 14.5 Å². The van der Waals surface area contributed by atoms with Crippen LogP contribution in [0.3, 0.4) is 0 Å². The highest BCUT2D eigenvalue weighted by molar-refractivity contribution is 5.34. The van der Waals surface area contributed by atoms with Crippen LogP contribution in [0.15, 0.2) is 4.42 Å². The van der Waals surface area contributed by atoms with Gasteiger partial charge in [0.15, 0.2) is 0 Å². The fourth-order valence-electron chi connectivity index (χ4n) is 3.10. The molecule has 0 saturated carbocycles. The minimum absolute atomic E-state index is 0.373. The molecule has 19 heavy (non-hydrogen) atoms. The van der Waals surface area contributed by atoms with Crippen molar-refractivity contribution >= 4 is 0 Å². The highest BCUT2D eigenvalue weighted by atomic mass is 16.5. The average molecular weight is 265 g/mol. The summed E-state index contributed by atoms with van der Waals surface area (Å²) >= 11 is 0. The van der Waals surface area contributed by atoms with E-state index in [1.165, 1.54) is 24.0 Å². The lowest BCUT2D eigenvalue weighted by atomic mass is 9.87. The molecule has 2 heterocycles. The molecule has 0 bridgehead atoms. The molecule has 0 aromatic carbocycles. The summed E-state index contributed by atoms with van der Waals surface area (Å²) in [7, 11) is 0. The van der Waals surface area contributed by atoms with E-state index < -0.39 is 0 Å². The molecule has 1 fully saturated rings. The molecule has 108 valence electrons. The van der Waals surface area contributed by atoms with Crippen molar-refractivity contribution in [1.82, 2.24) is 5.32 Å². The van der Waals surface area contributed by atoms with E-state index in [0.717, 1.165) is 37.7 Å². The lowest BCUT2D eigenvalue weighted by Crippen LogP contribution is -2.34. The Morgan fingerprint density at radius 3 is 2.58 bits per heavy atom. The van der Waals surface area contributed by atoms with Gasteiger partial charge in [0.2, 0.25) is 0 Å². The van der Waals surface area contributed by atoms with Crippen molar-refractivity contribution in [3.05, 3.63) is 22.6 Å². The Balaban J connectivity index is 2.25. The molecular weight excluding hydrogens is 238 g/mol. The van der Waals surface area contributed by atoms with Crippen molar-refractivity contribution in [2.75, 3.05) is 19.8 Å². The Kier molecular flexibility index (Phi) is 5.06. The molecule has 0 aliphatic carbocycles. The second-order valence-electron chi connectivity index (χ2n) is 5.66. The molecule has 1 N–H and O–H groups in total. The zero-order chi connectivity index (χ0) is 13.8. The monoisotopic (exact) mass is 265 g/mol. The van der Waals surface area contributed by atoms with Crippen molar-refractivity contribution in [3.63, 3.8) is 0 Å². The largest absolute Gasteiger partial charge is 0.466 e. The van der Waals surface area contributed by atoms with Crippen molar-refractivity contribution in [2.24, 2.45) is 5.92 Å². The summed E-state index contributed by atoms with van der Waals surface area (Å²) in [5, 5.41) is 3.71. The lowest BCUT2D eigenvalue weighted by molar-refractivity contribution is 0.0387. The Bertz CT molecular complexity index is 405. The molecule has 2 rings (SSSR count). The van der Waals surface area contributed by atoms with Gasteiger partial charge in [-0.25, -0.2) is 0 Å². The van der Waals surface area contributed by atoms with E-state index in [-0.39, 0.29) is 0 Å². The fraction of sp³-hybridized carbons (Fsp3) is 0.750. The molecule has 2 atom stereocenters.